The second-order valence-corrected chi connectivity index (χ2v) is 6.10. The highest BCUT2D eigenvalue weighted by atomic mass is 19.1. The molecule has 1 aliphatic rings. The number of nitrogens with zero attached hydrogens (tertiary/aromatic N) is 2. The molecule has 1 atom stereocenters. The highest BCUT2D eigenvalue weighted by molar-refractivity contribution is 5.21. The molecule has 0 radical (unpaired) electrons. The summed E-state index contributed by atoms with van der Waals surface area (Å²) in [5.74, 6) is -0.197. The second kappa shape index (κ2) is 7.68. The first-order valence-corrected chi connectivity index (χ1v) is 8.22. The van der Waals surface area contributed by atoms with Crippen LogP contribution >= 0.6 is 0 Å². The van der Waals surface area contributed by atoms with E-state index in [9.17, 15) is 4.39 Å². The van der Waals surface area contributed by atoms with Gasteiger partial charge in [-0.15, -0.1) is 0 Å². The molecule has 23 heavy (non-hydrogen) atoms. The van der Waals surface area contributed by atoms with Crippen molar-refractivity contribution >= 4 is 0 Å². The maximum atomic E-state index is 13.1. The molecule has 2 aromatic carbocycles. The van der Waals surface area contributed by atoms with E-state index in [2.05, 4.69) is 40.1 Å². The third kappa shape index (κ3) is 4.16. The number of benzene rings is 2. The number of nitrogens with two attached hydrogens (primary N) is 1. The normalized spacial score (nSPS) is 18.0. The summed E-state index contributed by atoms with van der Waals surface area (Å²) < 4.78 is 13.1. The Morgan fingerprint density at radius 3 is 2.17 bits per heavy atom. The van der Waals surface area contributed by atoms with Crippen molar-refractivity contribution in [2.75, 3.05) is 32.7 Å². The van der Waals surface area contributed by atoms with Gasteiger partial charge in [0.15, 0.2) is 0 Å². The zero-order chi connectivity index (χ0) is 16.1. The zero-order valence-electron chi connectivity index (χ0n) is 13.4. The van der Waals surface area contributed by atoms with Gasteiger partial charge < -0.3 is 5.73 Å². The van der Waals surface area contributed by atoms with Crippen LogP contribution in [-0.2, 0) is 6.54 Å². The monoisotopic (exact) mass is 313 g/mol. The molecular weight excluding hydrogens is 289 g/mol. The summed E-state index contributed by atoms with van der Waals surface area (Å²) in [7, 11) is 0. The lowest BCUT2D eigenvalue weighted by Gasteiger charge is -2.39. The number of hydrogen-bond donors (Lipinski definition) is 1. The first-order valence-electron chi connectivity index (χ1n) is 8.22. The van der Waals surface area contributed by atoms with E-state index >= 15 is 0 Å². The fourth-order valence-corrected chi connectivity index (χ4v) is 3.26. The molecule has 1 fully saturated rings. The predicted octanol–water partition coefficient (Wildman–Crippen LogP) is 2.64. The molecule has 1 unspecified atom stereocenters. The third-order valence-electron chi connectivity index (χ3n) is 4.57. The number of halogens is 1. The smallest absolute Gasteiger partial charge is 0.123 e. The van der Waals surface area contributed by atoms with E-state index < -0.39 is 0 Å². The van der Waals surface area contributed by atoms with Crippen molar-refractivity contribution in [1.29, 1.82) is 0 Å². The SMILES string of the molecule is NCC(c1ccc(F)cc1)N1CCN(Cc2ccccc2)CC1. The second-order valence-electron chi connectivity index (χ2n) is 6.10. The Morgan fingerprint density at radius 1 is 0.913 bits per heavy atom. The van der Waals surface area contributed by atoms with Gasteiger partial charge in [0.25, 0.3) is 0 Å². The molecule has 2 aromatic rings. The van der Waals surface area contributed by atoms with E-state index in [-0.39, 0.29) is 11.9 Å². The standard InChI is InChI=1S/C19H24FN3/c20-18-8-6-17(7-9-18)19(14-21)23-12-10-22(11-13-23)15-16-4-2-1-3-5-16/h1-9,19H,10-15,21H2. The Hall–Kier alpha value is -1.75. The van der Waals surface area contributed by atoms with Crippen molar-refractivity contribution in [3.63, 3.8) is 0 Å². The zero-order valence-corrected chi connectivity index (χ0v) is 13.4. The quantitative estimate of drug-likeness (QED) is 0.921. The molecule has 122 valence electrons. The molecule has 3 nitrogen and oxygen atoms in total. The van der Waals surface area contributed by atoms with Crippen molar-refractivity contribution in [3.8, 4) is 0 Å². The number of piperazine rings is 1. The Bertz CT molecular complexity index is 592. The van der Waals surface area contributed by atoms with Gasteiger partial charge in [0, 0.05) is 45.3 Å². The molecule has 2 N–H and O–H groups in total. The molecule has 1 aliphatic heterocycles. The molecule has 0 amide bonds. The molecule has 0 aliphatic carbocycles. The van der Waals surface area contributed by atoms with Gasteiger partial charge in [-0.1, -0.05) is 42.5 Å². The van der Waals surface area contributed by atoms with Crippen LogP contribution in [0.15, 0.2) is 54.6 Å². The van der Waals surface area contributed by atoms with Crippen molar-refractivity contribution in [3.05, 3.63) is 71.5 Å². The van der Waals surface area contributed by atoms with Crippen LogP contribution in [0.5, 0.6) is 0 Å². The lowest BCUT2D eigenvalue weighted by molar-refractivity contribution is 0.0941. The van der Waals surface area contributed by atoms with Crippen LogP contribution in [-0.4, -0.2) is 42.5 Å². The summed E-state index contributed by atoms with van der Waals surface area (Å²) in [5.41, 5.74) is 8.44. The van der Waals surface area contributed by atoms with Crippen LogP contribution in [0.3, 0.4) is 0 Å². The van der Waals surface area contributed by atoms with Gasteiger partial charge >= 0.3 is 0 Å². The van der Waals surface area contributed by atoms with E-state index in [0.717, 1.165) is 38.3 Å². The van der Waals surface area contributed by atoms with Gasteiger partial charge in [0.2, 0.25) is 0 Å². The van der Waals surface area contributed by atoms with Crippen molar-refractivity contribution < 1.29 is 4.39 Å². The minimum Gasteiger partial charge on any atom is -0.329 e. The first-order chi connectivity index (χ1) is 11.3. The van der Waals surface area contributed by atoms with Crippen LogP contribution in [0.1, 0.15) is 17.2 Å². The van der Waals surface area contributed by atoms with Gasteiger partial charge in [-0.2, -0.15) is 0 Å². The maximum Gasteiger partial charge on any atom is 0.123 e. The van der Waals surface area contributed by atoms with Crippen LogP contribution in [0.4, 0.5) is 4.39 Å². The average Bonchev–Trinajstić information content (AvgIpc) is 2.60. The van der Waals surface area contributed by atoms with Crippen LogP contribution < -0.4 is 5.73 Å². The minimum absolute atomic E-state index is 0.175. The largest absolute Gasteiger partial charge is 0.329 e. The highest BCUT2D eigenvalue weighted by Gasteiger charge is 2.24. The molecule has 3 rings (SSSR count). The van der Waals surface area contributed by atoms with Gasteiger partial charge in [0.05, 0.1) is 0 Å². The Kier molecular flexibility index (Phi) is 5.39. The van der Waals surface area contributed by atoms with E-state index in [1.165, 1.54) is 17.7 Å². The molecule has 0 saturated carbocycles. The molecule has 1 saturated heterocycles. The molecule has 1 heterocycles. The van der Waals surface area contributed by atoms with E-state index in [1.807, 2.05) is 12.1 Å². The molecule has 0 bridgehead atoms. The summed E-state index contributed by atoms with van der Waals surface area (Å²) in [5, 5.41) is 0. The van der Waals surface area contributed by atoms with Crippen LogP contribution in [0.2, 0.25) is 0 Å². The predicted molar refractivity (Wildman–Crippen MR) is 91.5 cm³/mol. The van der Waals surface area contributed by atoms with Gasteiger partial charge in [-0.3, -0.25) is 9.80 Å². The lowest BCUT2D eigenvalue weighted by atomic mass is 10.0. The van der Waals surface area contributed by atoms with Crippen molar-refractivity contribution in [2.45, 2.75) is 12.6 Å². The fourth-order valence-electron chi connectivity index (χ4n) is 3.26. The molecule has 0 spiro atoms. The fraction of sp³-hybridized carbons (Fsp3) is 0.368. The summed E-state index contributed by atoms with van der Waals surface area (Å²) in [4.78, 5) is 4.89. The summed E-state index contributed by atoms with van der Waals surface area (Å²) in [6.07, 6.45) is 0. The van der Waals surface area contributed by atoms with E-state index in [4.69, 9.17) is 5.73 Å². The lowest BCUT2D eigenvalue weighted by Crippen LogP contribution is -2.48. The van der Waals surface area contributed by atoms with Gasteiger partial charge in [-0.25, -0.2) is 4.39 Å². The molecule has 0 aromatic heterocycles. The molecule has 4 heteroatoms. The third-order valence-corrected chi connectivity index (χ3v) is 4.57. The topological polar surface area (TPSA) is 32.5 Å². The maximum absolute atomic E-state index is 13.1. The van der Waals surface area contributed by atoms with Crippen molar-refractivity contribution in [1.82, 2.24) is 9.80 Å². The number of rotatable bonds is 5. The van der Waals surface area contributed by atoms with Crippen LogP contribution in [0.25, 0.3) is 0 Å². The van der Waals surface area contributed by atoms with Crippen LogP contribution in [0, 0.1) is 5.82 Å². The Labute approximate surface area is 137 Å². The van der Waals surface area contributed by atoms with Gasteiger partial charge in [-0.05, 0) is 23.3 Å². The van der Waals surface area contributed by atoms with Crippen molar-refractivity contribution in [2.24, 2.45) is 5.73 Å². The Morgan fingerprint density at radius 2 is 1.57 bits per heavy atom. The van der Waals surface area contributed by atoms with E-state index in [0.29, 0.717) is 6.54 Å². The summed E-state index contributed by atoms with van der Waals surface area (Å²) >= 11 is 0. The Balaban J connectivity index is 1.58. The van der Waals surface area contributed by atoms with E-state index in [1.54, 1.807) is 0 Å². The minimum atomic E-state index is -0.197. The highest BCUT2D eigenvalue weighted by Crippen LogP contribution is 2.22. The number of hydrogen-bond acceptors (Lipinski definition) is 3. The summed E-state index contributed by atoms with van der Waals surface area (Å²) in [6, 6.07) is 17.5. The molecular formula is C19H24FN3. The average molecular weight is 313 g/mol. The first kappa shape index (κ1) is 16.1. The van der Waals surface area contributed by atoms with Gasteiger partial charge in [0.1, 0.15) is 5.82 Å². The summed E-state index contributed by atoms with van der Waals surface area (Å²) in [6.45, 7) is 5.61.